The third kappa shape index (κ3) is 3.99. The van der Waals surface area contributed by atoms with Crippen LogP contribution in [0.15, 0.2) is 48.5 Å². The second-order valence-electron chi connectivity index (χ2n) is 6.78. The van der Waals surface area contributed by atoms with Gasteiger partial charge in [0.1, 0.15) is 11.6 Å². The van der Waals surface area contributed by atoms with Gasteiger partial charge in [0.15, 0.2) is 0 Å². The summed E-state index contributed by atoms with van der Waals surface area (Å²) in [4.78, 5) is 23.7. The number of halogens is 1. The van der Waals surface area contributed by atoms with Crippen molar-refractivity contribution in [1.82, 2.24) is 5.32 Å². The highest BCUT2D eigenvalue weighted by Crippen LogP contribution is 2.52. The van der Waals surface area contributed by atoms with E-state index in [-0.39, 0.29) is 12.5 Å². The Labute approximate surface area is 163 Å². The standard InChI is InChI=1S/C21H22ClNO4/c1-3-27-19(24)13(2)23-21(20(25)26)12-18(21)15-9-7-14(8-10-15)16-5-4-6-17(22)11-16/h4-11,13,18,23H,3,12H2,1-2H3,(H,25,26)/t13-,18?,21?/m0/s1. The number of rotatable bonds is 7. The van der Waals surface area contributed by atoms with Gasteiger partial charge in [-0.25, -0.2) is 0 Å². The normalized spacial score (nSPS) is 22.1. The first kappa shape index (κ1) is 19.4. The lowest BCUT2D eigenvalue weighted by Crippen LogP contribution is -2.49. The Morgan fingerprint density at radius 1 is 1.26 bits per heavy atom. The molecule has 2 unspecified atom stereocenters. The van der Waals surface area contributed by atoms with Crippen LogP contribution in [-0.4, -0.2) is 35.2 Å². The highest BCUT2D eigenvalue weighted by molar-refractivity contribution is 6.30. The first-order valence-corrected chi connectivity index (χ1v) is 9.29. The van der Waals surface area contributed by atoms with Crippen molar-refractivity contribution in [3.05, 3.63) is 59.1 Å². The minimum absolute atomic E-state index is 0.194. The Kier molecular flexibility index (Phi) is 5.53. The average Bonchev–Trinajstić information content (AvgIpc) is 3.37. The maximum atomic E-state index is 11.9. The third-order valence-electron chi connectivity index (χ3n) is 4.93. The summed E-state index contributed by atoms with van der Waals surface area (Å²) in [5.41, 5.74) is 1.80. The van der Waals surface area contributed by atoms with Gasteiger partial charge in [0, 0.05) is 10.9 Å². The highest BCUT2D eigenvalue weighted by atomic mass is 35.5. The number of hydrogen-bond donors (Lipinski definition) is 2. The summed E-state index contributed by atoms with van der Waals surface area (Å²) in [7, 11) is 0. The van der Waals surface area contributed by atoms with Crippen LogP contribution in [-0.2, 0) is 14.3 Å². The van der Waals surface area contributed by atoms with Crippen molar-refractivity contribution in [3.8, 4) is 11.1 Å². The first-order valence-electron chi connectivity index (χ1n) is 8.91. The zero-order valence-corrected chi connectivity index (χ0v) is 16.0. The van der Waals surface area contributed by atoms with Gasteiger partial charge >= 0.3 is 11.9 Å². The summed E-state index contributed by atoms with van der Waals surface area (Å²) in [6.45, 7) is 3.61. The Balaban J connectivity index is 1.76. The maximum absolute atomic E-state index is 11.9. The van der Waals surface area contributed by atoms with Gasteiger partial charge in [-0.3, -0.25) is 14.9 Å². The molecule has 6 heteroatoms. The predicted molar refractivity (Wildman–Crippen MR) is 104 cm³/mol. The van der Waals surface area contributed by atoms with E-state index < -0.39 is 23.5 Å². The van der Waals surface area contributed by atoms with Gasteiger partial charge in [0.2, 0.25) is 0 Å². The molecule has 5 nitrogen and oxygen atoms in total. The molecule has 0 aliphatic heterocycles. The molecule has 27 heavy (non-hydrogen) atoms. The molecule has 0 bridgehead atoms. The molecule has 0 aromatic heterocycles. The minimum atomic E-state index is -1.14. The van der Waals surface area contributed by atoms with Gasteiger partial charge < -0.3 is 9.84 Å². The SMILES string of the molecule is CCOC(=O)[C@H](C)NC1(C(=O)O)CC1c1ccc(-c2cccc(Cl)c2)cc1. The van der Waals surface area contributed by atoms with Crippen LogP contribution < -0.4 is 5.32 Å². The monoisotopic (exact) mass is 387 g/mol. The molecule has 1 fully saturated rings. The van der Waals surface area contributed by atoms with Crippen LogP contribution >= 0.6 is 11.6 Å². The molecule has 2 aromatic carbocycles. The van der Waals surface area contributed by atoms with E-state index in [1.807, 2.05) is 48.5 Å². The van der Waals surface area contributed by atoms with Gasteiger partial charge in [0.25, 0.3) is 0 Å². The van der Waals surface area contributed by atoms with Crippen LogP contribution in [0.1, 0.15) is 31.7 Å². The molecule has 0 saturated heterocycles. The first-order chi connectivity index (χ1) is 12.9. The lowest BCUT2D eigenvalue weighted by atomic mass is 10.00. The number of hydrogen-bond acceptors (Lipinski definition) is 4. The molecule has 1 aliphatic rings. The lowest BCUT2D eigenvalue weighted by molar-refractivity contribution is -0.147. The molecule has 0 radical (unpaired) electrons. The van der Waals surface area contributed by atoms with Crippen LogP contribution in [0.25, 0.3) is 11.1 Å². The topological polar surface area (TPSA) is 75.6 Å². The average molecular weight is 388 g/mol. The molecule has 0 heterocycles. The Hall–Kier alpha value is -2.37. The largest absolute Gasteiger partial charge is 0.480 e. The molecule has 3 rings (SSSR count). The molecule has 142 valence electrons. The van der Waals surface area contributed by atoms with Crippen molar-refractivity contribution < 1.29 is 19.4 Å². The lowest BCUT2D eigenvalue weighted by Gasteiger charge is -2.20. The number of aliphatic carboxylic acids is 1. The number of carbonyl (C=O) groups is 2. The number of carboxylic acids is 1. The number of esters is 1. The van der Waals surface area contributed by atoms with Crippen molar-refractivity contribution in [2.24, 2.45) is 0 Å². The fraction of sp³-hybridized carbons (Fsp3) is 0.333. The fourth-order valence-corrected chi connectivity index (χ4v) is 3.60. The van der Waals surface area contributed by atoms with Gasteiger partial charge in [0.05, 0.1) is 6.61 Å². The summed E-state index contributed by atoms with van der Waals surface area (Å²) in [5.74, 6) is -1.59. The van der Waals surface area contributed by atoms with E-state index in [0.29, 0.717) is 11.4 Å². The molecule has 3 atom stereocenters. The van der Waals surface area contributed by atoms with Crippen molar-refractivity contribution in [1.29, 1.82) is 0 Å². The summed E-state index contributed by atoms with van der Waals surface area (Å²) in [5, 5.41) is 13.4. The van der Waals surface area contributed by atoms with Crippen LogP contribution in [0.5, 0.6) is 0 Å². The van der Waals surface area contributed by atoms with E-state index in [2.05, 4.69) is 5.32 Å². The van der Waals surface area contributed by atoms with Crippen LogP contribution in [0.3, 0.4) is 0 Å². The number of carboxylic acid groups (broad SMARTS) is 1. The van der Waals surface area contributed by atoms with Gasteiger partial charge in [-0.1, -0.05) is 48.0 Å². The quantitative estimate of drug-likeness (QED) is 0.705. The van der Waals surface area contributed by atoms with E-state index >= 15 is 0 Å². The number of benzene rings is 2. The Bertz CT molecular complexity index is 852. The molecular weight excluding hydrogens is 366 g/mol. The molecule has 2 aromatic rings. The smallest absolute Gasteiger partial charge is 0.324 e. The fourth-order valence-electron chi connectivity index (χ4n) is 3.41. The molecule has 1 saturated carbocycles. The van der Waals surface area contributed by atoms with E-state index in [4.69, 9.17) is 16.3 Å². The van der Waals surface area contributed by atoms with Crippen molar-refractivity contribution in [3.63, 3.8) is 0 Å². The molecule has 2 N–H and O–H groups in total. The van der Waals surface area contributed by atoms with Crippen molar-refractivity contribution in [2.75, 3.05) is 6.61 Å². The van der Waals surface area contributed by atoms with Crippen molar-refractivity contribution in [2.45, 2.75) is 37.8 Å². The second kappa shape index (κ2) is 7.71. The van der Waals surface area contributed by atoms with E-state index in [9.17, 15) is 14.7 Å². The van der Waals surface area contributed by atoms with E-state index in [0.717, 1.165) is 16.7 Å². The maximum Gasteiger partial charge on any atom is 0.324 e. The zero-order valence-electron chi connectivity index (χ0n) is 15.2. The summed E-state index contributed by atoms with van der Waals surface area (Å²) in [6, 6.07) is 14.7. The molecule has 0 amide bonds. The predicted octanol–water partition coefficient (Wildman–Crippen LogP) is 3.86. The Morgan fingerprint density at radius 3 is 2.56 bits per heavy atom. The third-order valence-corrected chi connectivity index (χ3v) is 5.16. The minimum Gasteiger partial charge on any atom is -0.480 e. The Morgan fingerprint density at radius 2 is 1.96 bits per heavy atom. The van der Waals surface area contributed by atoms with E-state index in [1.54, 1.807) is 13.8 Å². The van der Waals surface area contributed by atoms with E-state index in [1.165, 1.54) is 0 Å². The zero-order chi connectivity index (χ0) is 19.6. The summed E-state index contributed by atoms with van der Waals surface area (Å²) in [6.07, 6.45) is 0.433. The van der Waals surface area contributed by atoms with Gasteiger partial charge in [-0.2, -0.15) is 0 Å². The summed E-state index contributed by atoms with van der Waals surface area (Å²) < 4.78 is 4.97. The van der Waals surface area contributed by atoms with Crippen LogP contribution in [0.2, 0.25) is 5.02 Å². The molecule has 0 spiro atoms. The summed E-state index contributed by atoms with van der Waals surface area (Å²) >= 11 is 6.04. The van der Waals surface area contributed by atoms with Crippen LogP contribution in [0, 0.1) is 0 Å². The number of carbonyl (C=O) groups excluding carboxylic acids is 1. The van der Waals surface area contributed by atoms with Crippen LogP contribution in [0.4, 0.5) is 0 Å². The number of nitrogens with one attached hydrogen (secondary N) is 1. The highest BCUT2D eigenvalue weighted by Gasteiger charge is 2.62. The molecule has 1 aliphatic carbocycles. The number of ether oxygens (including phenoxy) is 1. The van der Waals surface area contributed by atoms with Gasteiger partial charge in [-0.05, 0) is 49.1 Å². The molecular formula is C21H22ClNO4. The van der Waals surface area contributed by atoms with Crippen molar-refractivity contribution >= 4 is 23.5 Å². The second-order valence-corrected chi connectivity index (χ2v) is 7.22. The van der Waals surface area contributed by atoms with Gasteiger partial charge in [-0.15, -0.1) is 0 Å².